The van der Waals surface area contributed by atoms with Gasteiger partial charge in [-0.2, -0.15) is 4.90 Å². The van der Waals surface area contributed by atoms with Crippen molar-refractivity contribution in [2.45, 2.75) is 52.3 Å². The summed E-state index contributed by atoms with van der Waals surface area (Å²) in [5, 5.41) is 14.4. The largest absolute Gasteiger partial charge is 0.464 e. The van der Waals surface area contributed by atoms with E-state index < -0.39 is 17.8 Å². The zero-order chi connectivity index (χ0) is 31.4. The average Bonchev–Trinajstić information content (AvgIpc) is 3.57. The number of nitrogens with zero attached hydrogens (tertiary/aromatic N) is 4. The number of benzene rings is 1. The van der Waals surface area contributed by atoms with Gasteiger partial charge in [-0.25, -0.2) is 14.6 Å². The molecule has 1 atom stereocenters. The summed E-state index contributed by atoms with van der Waals surface area (Å²) in [5.74, 6) is 0.289. The smallest absolute Gasteiger partial charge is 0.425 e. The maximum absolute atomic E-state index is 13.0. The van der Waals surface area contributed by atoms with Crippen LogP contribution in [0.1, 0.15) is 52.9 Å². The summed E-state index contributed by atoms with van der Waals surface area (Å²) < 4.78 is 5.27. The first kappa shape index (κ1) is 31.4. The van der Waals surface area contributed by atoms with Gasteiger partial charge < -0.3 is 15.2 Å². The van der Waals surface area contributed by atoms with E-state index in [1.807, 2.05) is 18.3 Å². The minimum Gasteiger partial charge on any atom is -0.464 e. The Labute approximate surface area is 264 Å². The van der Waals surface area contributed by atoms with Crippen LogP contribution in [0.3, 0.4) is 0 Å². The predicted molar refractivity (Wildman–Crippen MR) is 170 cm³/mol. The summed E-state index contributed by atoms with van der Waals surface area (Å²) in [6.45, 7) is 7.88. The van der Waals surface area contributed by atoms with E-state index in [9.17, 15) is 19.5 Å². The number of halogens is 1. The molecule has 0 bridgehead atoms. The number of likely N-dealkylation sites (tertiary alicyclic amines) is 1. The molecular weight excluding hydrogens is 602 g/mol. The second kappa shape index (κ2) is 13.3. The molecule has 1 aliphatic heterocycles. The Kier molecular flexibility index (Phi) is 9.48. The van der Waals surface area contributed by atoms with Crippen LogP contribution in [0.5, 0.6) is 0 Å². The Bertz CT molecular complexity index is 1670. The molecule has 5 rings (SSSR count). The van der Waals surface area contributed by atoms with Gasteiger partial charge in [-0.05, 0) is 86.9 Å². The molecular formula is C32H34ClN5O5S. The van der Waals surface area contributed by atoms with Crippen molar-refractivity contribution in [3.8, 4) is 0 Å². The number of rotatable bonds is 8. The second-order valence-electron chi connectivity index (χ2n) is 11.8. The van der Waals surface area contributed by atoms with Crippen LogP contribution in [0, 0.1) is 5.92 Å². The van der Waals surface area contributed by atoms with Crippen LogP contribution in [-0.4, -0.2) is 56.8 Å². The van der Waals surface area contributed by atoms with Crippen LogP contribution >= 0.6 is 22.9 Å². The van der Waals surface area contributed by atoms with Crippen LogP contribution < -0.4 is 10.2 Å². The highest BCUT2D eigenvalue weighted by atomic mass is 35.5. The third kappa shape index (κ3) is 7.71. The molecule has 0 saturated carbocycles. The number of anilines is 1. The fraction of sp³-hybridized carbons (Fsp3) is 0.344. The van der Waals surface area contributed by atoms with Gasteiger partial charge in [0.1, 0.15) is 5.60 Å². The molecule has 3 aromatic heterocycles. The number of carbonyl (C=O) groups excluding carboxylic acids is 2. The van der Waals surface area contributed by atoms with Gasteiger partial charge in [-0.3, -0.25) is 14.7 Å². The number of ether oxygens (including phenoxy) is 1. The van der Waals surface area contributed by atoms with Gasteiger partial charge in [0, 0.05) is 48.5 Å². The lowest BCUT2D eigenvalue weighted by Gasteiger charge is -2.24. The number of imide groups is 1. The molecule has 44 heavy (non-hydrogen) atoms. The lowest BCUT2D eigenvalue weighted by molar-refractivity contribution is 0.0581. The van der Waals surface area contributed by atoms with Crippen molar-refractivity contribution >= 4 is 57.6 Å². The molecule has 4 heterocycles. The molecule has 0 spiro atoms. The molecule has 2 N–H and O–H groups in total. The van der Waals surface area contributed by atoms with E-state index in [1.54, 1.807) is 51.2 Å². The molecule has 1 aliphatic rings. The molecule has 3 amide bonds. The Morgan fingerprint density at radius 3 is 2.70 bits per heavy atom. The number of carbonyl (C=O) groups is 3. The highest BCUT2D eigenvalue weighted by Gasteiger charge is 2.31. The molecule has 10 nitrogen and oxygen atoms in total. The minimum atomic E-state index is -1.50. The van der Waals surface area contributed by atoms with E-state index in [-0.39, 0.29) is 18.3 Å². The van der Waals surface area contributed by atoms with Crippen LogP contribution in [0.25, 0.3) is 10.8 Å². The topological polar surface area (TPSA) is 125 Å². The number of nitrogens with one attached hydrogen (secondary N) is 1. The molecule has 0 radical (unpaired) electrons. The van der Waals surface area contributed by atoms with E-state index in [0.717, 1.165) is 36.4 Å². The predicted octanol–water partition coefficient (Wildman–Crippen LogP) is 6.76. The number of aromatic nitrogens is 2. The molecule has 1 saturated heterocycles. The van der Waals surface area contributed by atoms with Gasteiger partial charge in [0.05, 0.1) is 9.90 Å². The Morgan fingerprint density at radius 1 is 1.16 bits per heavy atom. The third-order valence-electron chi connectivity index (χ3n) is 7.21. The molecule has 12 heteroatoms. The standard InChI is InChI=1S/C32H34ClN5O5S/c1-32(2,3)43-31(42)38(30(40)41)28-24-7-6-21(14-23(24)8-11-35-28)17-36-29(39)26-15-25(33)27(44-26)19-37-12-9-22(18-37)13-20-5-4-10-34-16-20/h4-8,10-11,14-16,22H,9,12-13,17-19H2,1-3H3,(H,36,39)(H,40,41). The highest BCUT2D eigenvalue weighted by molar-refractivity contribution is 7.14. The van der Waals surface area contributed by atoms with E-state index >= 15 is 0 Å². The maximum Gasteiger partial charge on any atom is 0.425 e. The van der Waals surface area contributed by atoms with Crippen molar-refractivity contribution in [2.24, 2.45) is 5.92 Å². The molecule has 4 aromatic rings. The fourth-order valence-electron chi connectivity index (χ4n) is 5.24. The van der Waals surface area contributed by atoms with Crippen LogP contribution in [0.2, 0.25) is 5.02 Å². The molecule has 230 valence electrons. The first-order valence-electron chi connectivity index (χ1n) is 14.3. The van der Waals surface area contributed by atoms with Crippen LogP contribution in [0.15, 0.2) is 61.1 Å². The number of thiophene rings is 1. The summed E-state index contributed by atoms with van der Waals surface area (Å²) in [6.07, 6.45) is 4.72. The van der Waals surface area contributed by atoms with Crippen molar-refractivity contribution in [3.63, 3.8) is 0 Å². The van der Waals surface area contributed by atoms with E-state index in [2.05, 4.69) is 26.3 Å². The summed E-state index contributed by atoms with van der Waals surface area (Å²) >= 11 is 7.95. The number of pyridine rings is 2. The van der Waals surface area contributed by atoms with Crippen molar-refractivity contribution in [2.75, 3.05) is 18.0 Å². The third-order valence-corrected chi connectivity index (χ3v) is 8.77. The van der Waals surface area contributed by atoms with Crippen molar-refractivity contribution in [1.29, 1.82) is 0 Å². The summed E-state index contributed by atoms with van der Waals surface area (Å²) in [7, 11) is 0. The van der Waals surface area contributed by atoms with Gasteiger partial charge in [0.2, 0.25) is 0 Å². The first-order chi connectivity index (χ1) is 21.0. The summed E-state index contributed by atoms with van der Waals surface area (Å²) in [4.78, 5) is 50.4. The lowest BCUT2D eigenvalue weighted by Crippen LogP contribution is -2.40. The summed E-state index contributed by atoms with van der Waals surface area (Å²) in [6, 6.07) is 12.8. The number of hydrogen-bond donors (Lipinski definition) is 2. The van der Waals surface area contributed by atoms with Crippen molar-refractivity contribution < 1.29 is 24.2 Å². The number of hydrogen-bond acceptors (Lipinski definition) is 8. The average molecular weight is 636 g/mol. The SMILES string of the molecule is CC(C)(C)OC(=O)N(C(=O)O)c1nccc2cc(CNC(=O)c3cc(Cl)c(CN4CCC(Cc5cccnc5)C4)s3)ccc12. The van der Waals surface area contributed by atoms with E-state index in [0.29, 0.717) is 38.0 Å². The maximum atomic E-state index is 13.0. The Morgan fingerprint density at radius 2 is 1.98 bits per heavy atom. The summed E-state index contributed by atoms with van der Waals surface area (Å²) in [5.41, 5.74) is 1.16. The molecule has 1 unspecified atom stereocenters. The van der Waals surface area contributed by atoms with Crippen LogP contribution in [-0.2, 0) is 24.2 Å². The van der Waals surface area contributed by atoms with Gasteiger partial charge in [-0.15, -0.1) is 11.3 Å². The van der Waals surface area contributed by atoms with Crippen molar-refractivity contribution in [3.05, 3.63) is 87.0 Å². The lowest BCUT2D eigenvalue weighted by atomic mass is 10.0. The van der Waals surface area contributed by atoms with Gasteiger partial charge in [0.25, 0.3) is 5.91 Å². The zero-order valence-electron chi connectivity index (χ0n) is 24.7. The fourth-order valence-corrected chi connectivity index (χ4v) is 6.60. The first-order valence-corrected chi connectivity index (χ1v) is 15.5. The highest BCUT2D eigenvalue weighted by Crippen LogP contribution is 2.31. The molecule has 0 aliphatic carbocycles. The molecule has 1 fully saturated rings. The zero-order valence-corrected chi connectivity index (χ0v) is 26.3. The number of carboxylic acid groups (broad SMARTS) is 1. The monoisotopic (exact) mass is 635 g/mol. The van der Waals surface area contributed by atoms with Crippen molar-refractivity contribution in [1.82, 2.24) is 20.2 Å². The van der Waals surface area contributed by atoms with Crippen LogP contribution in [0.4, 0.5) is 15.4 Å². The normalized spacial score (nSPS) is 15.3. The number of amides is 3. The Balaban J connectivity index is 1.21. The minimum absolute atomic E-state index is 0.0537. The van der Waals surface area contributed by atoms with E-state index in [4.69, 9.17) is 16.3 Å². The Hall–Kier alpha value is -4.06. The van der Waals surface area contributed by atoms with E-state index in [1.165, 1.54) is 23.1 Å². The second-order valence-corrected chi connectivity index (χ2v) is 13.4. The van der Waals surface area contributed by atoms with Gasteiger partial charge in [0.15, 0.2) is 5.82 Å². The quantitative estimate of drug-likeness (QED) is 0.218. The number of fused-ring (bicyclic) bond motifs is 1. The van der Waals surface area contributed by atoms with Gasteiger partial charge >= 0.3 is 12.2 Å². The molecule has 1 aromatic carbocycles. The van der Waals surface area contributed by atoms with Gasteiger partial charge in [-0.1, -0.05) is 29.8 Å².